The minimum atomic E-state index is -1.13. The summed E-state index contributed by atoms with van der Waals surface area (Å²) in [7, 11) is 0. The number of carboxylic acids is 1. The van der Waals surface area contributed by atoms with E-state index in [0.29, 0.717) is 5.56 Å². The van der Waals surface area contributed by atoms with Crippen LogP contribution in [-0.2, 0) is 14.3 Å². The van der Waals surface area contributed by atoms with Crippen LogP contribution in [0.15, 0.2) is 29.3 Å². The van der Waals surface area contributed by atoms with Gasteiger partial charge in [-0.25, -0.2) is 4.99 Å². The van der Waals surface area contributed by atoms with Crippen molar-refractivity contribution >= 4 is 17.8 Å². The highest BCUT2D eigenvalue weighted by molar-refractivity contribution is 6.00. The van der Waals surface area contributed by atoms with Crippen molar-refractivity contribution in [2.45, 2.75) is 6.04 Å². The molecule has 1 aromatic carbocycles. The fraction of sp³-hybridized carbons (Fsp3) is 0.250. The highest BCUT2D eigenvalue weighted by Gasteiger charge is 2.27. The van der Waals surface area contributed by atoms with Crippen LogP contribution in [0.3, 0.4) is 0 Å². The Morgan fingerprint density at radius 2 is 2.16 bits per heavy atom. The highest BCUT2D eigenvalue weighted by Crippen LogP contribution is 2.20. The summed E-state index contributed by atoms with van der Waals surface area (Å²) in [5.41, 5.74) is 0.399. The van der Waals surface area contributed by atoms with Crippen molar-refractivity contribution < 1.29 is 24.5 Å². The van der Waals surface area contributed by atoms with Crippen LogP contribution < -0.4 is 5.32 Å². The Labute approximate surface area is 108 Å². The van der Waals surface area contributed by atoms with Crippen LogP contribution in [0.2, 0.25) is 0 Å². The zero-order valence-corrected chi connectivity index (χ0v) is 9.87. The number of nitrogens with zero attached hydrogens (tertiary/aromatic N) is 1. The number of phenolic OH excluding ortho intramolecular Hbond substituents is 1. The molecule has 3 N–H and O–H groups in total. The summed E-state index contributed by atoms with van der Waals surface area (Å²) in [4.78, 5) is 25.9. The number of aliphatic imine (C=N–C) groups is 1. The molecule has 7 nitrogen and oxygen atoms in total. The van der Waals surface area contributed by atoms with E-state index in [1.165, 1.54) is 6.07 Å². The van der Waals surface area contributed by atoms with E-state index in [9.17, 15) is 14.7 Å². The van der Waals surface area contributed by atoms with Gasteiger partial charge in [-0.05, 0) is 12.1 Å². The van der Waals surface area contributed by atoms with E-state index < -0.39 is 24.5 Å². The second-order valence-electron chi connectivity index (χ2n) is 3.89. The number of benzene rings is 1. The number of hydrogen-bond acceptors (Lipinski definition) is 5. The number of carbonyl (C=O) groups excluding carboxylic acids is 1. The van der Waals surface area contributed by atoms with Gasteiger partial charge in [-0.15, -0.1) is 0 Å². The van der Waals surface area contributed by atoms with Gasteiger partial charge in [0.2, 0.25) is 11.8 Å². The highest BCUT2D eigenvalue weighted by atomic mass is 16.5. The summed E-state index contributed by atoms with van der Waals surface area (Å²) in [5.74, 6) is -1.47. The maximum absolute atomic E-state index is 11.6. The summed E-state index contributed by atoms with van der Waals surface area (Å²) in [6.07, 6.45) is 0. The van der Waals surface area contributed by atoms with E-state index in [0.717, 1.165) is 0 Å². The molecular weight excluding hydrogens is 252 g/mol. The molecule has 1 atom stereocenters. The molecule has 0 spiro atoms. The minimum Gasteiger partial charge on any atom is -0.507 e. The predicted octanol–water partition coefficient (Wildman–Crippen LogP) is -0.262. The van der Waals surface area contributed by atoms with Crippen molar-refractivity contribution in [3.63, 3.8) is 0 Å². The molecule has 0 unspecified atom stereocenters. The van der Waals surface area contributed by atoms with Gasteiger partial charge >= 0.3 is 5.97 Å². The second-order valence-corrected chi connectivity index (χ2v) is 3.89. The molecule has 0 saturated heterocycles. The maximum Gasteiger partial charge on any atom is 0.322 e. The number of hydrogen-bond donors (Lipinski definition) is 3. The number of nitrogens with one attached hydrogen (secondary N) is 1. The van der Waals surface area contributed by atoms with Crippen molar-refractivity contribution in [1.29, 1.82) is 0 Å². The summed E-state index contributed by atoms with van der Waals surface area (Å²) in [5, 5.41) is 20.3. The van der Waals surface area contributed by atoms with Gasteiger partial charge in [-0.3, -0.25) is 9.59 Å². The number of phenols is 1. The topological polar surface area (TPSA) is 108 Å². The normalized spacial score (nSPS) is 17.5. The van der Waals surface area contributed by atoms with E-state index in [4.69, 9.17) is 9.84 Å². The summed E-state index contributed by atoms with van der Waals surface area (Å²) >= 11 is 0. The largest absolute Gasteiger partial charge is 0.507 e. The first kappa shape index (κ1) is 12.9. The smallest absolute Gasteiger partial charge is 0.322 e. The van der Waals surface area contributed by atoms with Gasteiger partial charge in [0.05, 0.1) is 5.56 Å². The Kier molecular flexibility index (Phi) is 3.65. The molecule has 0 aromatic heterocycles. The lowest BCUT2D eigenvalue weighted by Crippen LogP contribution is -2.37. The van der Waals surface area contributed by atoms with E-state index in [2.05, 4.69) is 10.3 Å². The molecular formula is C12H12N2O5. The average molecular weight is 264 g/mol. The molecule has 100 valence electrons. The molecule has 7 heteroatoms. The third kappa shape index (κ3) is 3.01. The molecule has 0 fully saturated rings. The van der Waals surface area contributed by atoms with E-state index in [1.807, 2.05) is 0 Å². The Bertz CT molecular complexity index is 541. The average Bonchev–Trinajstić information content (AvgIpc) is 2.86. The van der Waals surface area contributed by atoms with Gasteiger partial charge in [0.15, 0.2) is 6.04 Å². The fourth-order valence-corrected chi connectivity index (χ4v) is 1.59. The number of carboxylic acid groups (broad SMARTS) is 1. The first-order valence-corrected chi connectivity index (χ1v) is 5.56. The van der Waals surface area contributed by atoms with Crippen LogP contribution in [0.25, 0.3) is 0 Å². The van der Waals surface area contributed by atoms with Crippen LogP contribution in [0, 0.1) is 0 Å². The number of aliphatic carboxylic acids is 1. The quantitative estimate of drug-likeness (QED) is 0.694. The van der Waals surface area contributed by atoms with Crippen LogP contribution in [0.5, 0.6) is 5.75 Å². The molecule has 0 saturated carbocycles. The molecule has 1 amide bonds. The molecule has 1 aliphatic heterocycles. The Morgan fingerprint density at radius 3 is 2.84 bits per heavy atom. The lowest BCUT2D eigenvalue weighted by molar-refractivity contribution is -0.138. The molecule has 0 aliphatic carbocycles. The first-order valence-electron chi connectivity index (χ1n) is 5.56. The lowest BCUT2D eigenvalue weighted by Gasteiger charge is -2.04. The standard InChI is InChI=1S/C12H12N2O5/c15-9-4-2-1-3-7(9)12-14-8(6-19-12)11(18)13-5-10(16)17/h1-4,8,15H,5-6H2,(H,13,18)(H,16,17)/t8-/m1/s1. The Morgan fingerprint density at radius 1 is 1.42 bits per heavy atom. The SMILES string of the molecule is O=C(O)CNC(=O)[C@H]1COC(c2ccccc2O)=N1. The van der Waals surface area contributed by atoms with Crippen LogP contribution >= 0.6 is 0 Å². The molecule has 1 aromatic rings. The summed E-state index contributed by atoms with van der Waals surface area (Å²) in [6, 6.07) is 5.67. The van der Waals surface area contributed by atoms with Crippen LogP contribution in [-0.4, -0.2) is 47.2 Å². The Hall–Kier alpha value is -2.57. The van der Waals surface area contributed by atoms with E-state index >= 15 is 0 Å². The molecule has 0 bridgehead atoms. The third-order valence-electron chi connectivity index (χ3n) is 2.50. The monoisotopic (exact) mass is 264 g/mol. The Balaban J connectivity index is 2.07. The number of para-hydroxylation sites is 1. The van der Waals surface area contributed by atoms with E-state index in [-0.39, 0.29) is 18.3 Å². The molecule has 19 heavy (non-hydrogen) atoms. The predicted molar refractivity (Wildman–Crippen MR) is 65.0 cm³/mol. The minimum absolute atomic E-state index is 0.00726. The van der Waals surface area contributed by atoms with Crippen molar-refractivity contribution in [2.24, 2.45) is 4.99 Å². The van der Waals surface area contributed by atoms with Gasteiger partial charge in [-0.2, -0.15) is 0 Å². The van der Waals surface area contributed by atoms with Gasteiger partial charge < -0.3 is 20.3 Å². The lowest BCUT2D eigenvalue weighted by atomic mass is 10.2. The van der Waals surface area contributed by atoms with Crippen LogP contribution in [0.1, 0.15) is 5.56 Å². The number of carbonyl (C=O) groups is 2. The van der Waals surface area contributed by atoms with Crippen LogP contribution in [0.4, 0.5) is 0 Å². The number of amides is 1. The van der Waals surface area contributed by atoms with Gasteiger partial charge in [0.1, 0.15) is 18.9 Å². The molecule has 1 heterocycles. The first-order chi connectivity index (χ1) is 9.08. The van der Waals surface area contributed by atoms with E-state index in [1.54, 1.807) is 18.2 Å². The number of ether oxygens (including phenoxy) is 1. The van der Waals surface area contributed by atoms with Crippen molar-refractivity contribution in [3.05, 3.63) is 29.8 Å². The zero-order valence-electron chi connectivity index (χ0n) is 9.87. The third-order valence-corrected chi connectivity index (χ3v) is 2.50. The number of rotatable bonds is 4. The number of aromatic hydroxyl groups is 1. The zero-order chi connectivity index (χ0) is 13.8. The fourth-order valence-electron chi connectivity index (χ4n) is 1.59. The molecule has 0 radical (unpaired) electrons. The van der Waals surface area contributed by atoms with Gasteiger partial charge in [0, 0.05) is 0 Å². The van der Waals surface area contributed by atoms with Crippen molar-refractivity contribution in [2.75, 3.05) is 13.2 Å². The second kappa shape index (κ2) is 5.38. The summed E-state index contributed by atoms with van der Waals surface area (Å²) < 4.78 is 5.24. The molecule has 1 aliphatic rings. The summed E-state index contributed by atoms with van der Waals surface area (Å²) in [6.45, 7) is -0.439. The van der Waals surface area contributed by atoms with Gasteiger partial charge in [-0.1, -0.05) is 12.1 Å². The van der Waals surface area contributed by atoms with Gasteiger partial charge in [0.25, 0.3) is 0 Å². The molecule has 2 rings (SSSR count). The van der Waals surface area contributed by atoms with Crippen molar-refractivity contribution in [1.82, 2.24) is 5.32 Å². The van der Waals surface area contributed by atoms with Crippen molar-refractivity contribution in [3.8, 4) is 5.75 Å². The maximum atomic E-state index is 11.6.